The van der Waals surface area contributed by atoms with Crippen molar-refractivity contribution >= 4 is 54.9 Å². The van der Waals surface area contributed by atoms with Crippen molar-refractivity contribution < 1.29 is 33.0 Å². The van der Waals surface area contributed by atoms with Crippen molar-refractivity contribution in [3.63, 3.8) is 0 Å². The SMILES string of the molecule is CC(C)OCC(CCCCOP(O)(=S)C(C)C)(CCCOP(O)(=S)C(C)C)CCOP(O)(=S)C(C)C. The predicted molar refractivity (Wildman–Crippen MR) is 164 cm³/mol. The third-order valence-electron chi connectivity index (χ3n) is 6.09. The minimum atomic E-state index is -2.85. The van der Waals surface area contributed by atoms with Gasteiger partial charge in [0.1, 0.15) is 0 Å². The van der Waals surface area contributed by atoms with Gasteiger partial charge in [0.25, 0.3) is 0 Å². The van der Waals surface area contributed by atoms with Crippen molar-refractivity contribution in [2.75, 3.05) is 26.4 Å². The molecule has 13 heteroatoms. The number of hydrogen-bond acceptors (Lipinski definition) is 7. The molecule has 3 N–H and O–H groups in total. The summed E-state index contributed by atoms with van der Waals surface area (Å²) in [6.07, 6.45) is 4.71. The van der Waals surface area contributed by atoms with E-state index in [1.54, 1.807) is 0 Å². The zero-order valence-electron chi connectivity index (χ0n) is 23.4. The minimum Gasteiger partial charge on any atom is -0.378 e. The van der Waals surface area contributed by atoms with E-state index in [9.17, 15) is 14.7 Å². The zero-order chi connectivity index (χ0) is 28.2. The minimum absolute atomic E-state index is 0.0682. The van der Waals surface area contributed by atoms with E-state index in [0.717, 1.165) is 25.7 Å². The topological polar surface area (TPSA) is 97.6 Å². The highest BCUT2D eigenvalue weighted by Gasteiger charge is 2.32. The van der Waals surface area contributed by atoms with Crippen LogP contribution in [-0.4, -0.2) is 64.2 Å². The highest BCUT2D eigenvalue weighted by Crippen LogP contribution is 2.50. The molecule has 0 rings (SSSR count). The van der Waals surface area contributed by atoms with Crippen molar-refractivity contribution in [1.82, 2.24) is 0 Å². The van der Waals surface area contributed by atoms with Gasteiger partial charge in [-0.15, -0.1) is 0 Å². The Morgan fingerprint density at radius 2 is 0.972 bits per heavy atom. The largest absolute Gasteiger partial charge is 0.378 e. The molecule has 0 heterocycles. The van der Waals surface area contributed by atoms with Crippen LogP contribution in [0.15, 0.2) is 0 Å². The molecule has 0 saturated carbocycles. The molecule has 4 atom stereocenters. The Labute approximate surface area is 235 Å². The lowest BCUT2D eigenvalue weighted by Gasteiger charge is -2.36. The quantitative estimate of drug-likeness (QED) is 0.0918. The van der Waals surface area contributed by atoms with Gasteiger partial charge >= 0.3 is 0 Å². The van der Waals surface area contributed by atoms with E-state index < -0.39 is 19.5 Å². The summed E-state index contributed by atoms with van der Waals surface area (Å²) in [4.78, 5) is 31.1. The molecule has 0 amide bonds. The first-order valence-corrected chi connectivity index (χ1v) is 21.1. The molecule has 0 aromatic heterocycles. The Hall–Kier alpha value is 1.67. The van der Waals surface area contributed by atoms with Crippen LogP contribution in [-0.2, 0) is 53.7 Å². The lowest BCUT2D eigenvalue weighted by atomic mass is 9.76. The van der Waals surface area contributed by atoms with Crippen molar-refractivity contribution in [3.05, 3.63) is 0 Å². The predicted octanol–water partition coefficient (Wildman–Crippen LogP) is 6.92. The molecule has 0 aliphatic heterocycles. The van der Waals surface area contributed by atoms with Crippen LogP contribution in [0.1, 0.15) is 93.9 Å². The van der Waals surface area contributed by atoms with Crippen LogP contribution in [0.3, 0.4) is 0 Å². The van der Waals surface area contributed by atoms with E-state index in [4.69, 9.17) is 53.7 Å². The van der Waals surface area contributed by atoms with E-state index in [0.29, 0.717) is 39.3 Å². The van der Waals surface area contributed by atoms with Gasteiger partial charge in [-0.3, -0.25) is 0 Å². The highest BCUT2D eigenvalue weighted by atomic mass is 32.5. The first-order chi connectivity index (χ1) is 16.4. The maximum Gasteiger partial charge on any atom is 0.188 e. The second-order valence-electron chi connectivity index (χ2n) is 10.6. The summed E-state index contributed by atoms with van der Waals surface area (Å²) in [5.41, 5.74) is -0.490. The Morgan fingerprint density at radius 3 is 1.39 bits per heavy atom. The summed E-state index contributed by atoms with van der Waals surface area (Å²) in [5.74, 6) is 0. The fourth-order valence-electron chi connectivity index (χ4n) is 3.22. The molecule has 0 radical (unpaired) electrons. The number of rotatable bonds is 21. The Kier molecular flexibility index (Phi) is 18.3. The third-order valence-corrected chi connectivity index (χ3v) is 16.4. The molecule has 7 nitrogen and oxygen atoms in total. The van der Waals surface area contributed by atoms with Gasteiger partial charge in [0.05, 0.1) is 32.5 Å². The summed E-state index contributed by atoms with van der Waals surface area (Å²) in [5, 5.41) is 0. The van der Waals surface area contributed by atoms with Gasteiger partial charge in [0.15, 0.2) is 19.5 Å². The average Bonchev–Trinajstić information content (AvgIpc) is 2.74. The summed E-state index contributed by atoms with van der Waals surface area (Å²) < 4.78 is 23.3. The molecule has 0 bridgehead atoms. The molecule has 0 aromatic carbocycles. The first-order valence-electron chi connectivity index (χ1n) is 12.9. The second kappa shape index (κ2) is 17.5. The molecule has 0 spiro atoms. The number of unbranched alkanes of at least 4 members (excludes halogenated alkanes) is 1. The smallest absolute Gasteiger partial charge is 0.188 e. The zero-order valence-corrected chi connectivity index (χ0v) is 28.6. The fourth-order valence-corrected chi connectivity index (χ4v) is 5.91. The number of hydrogen-bond donors (Lipinski definition) is 3. The molecule has 36 heavy (non-hydrogen) atoms. The van der Waals surface area contributed by atoms with E-state index in [2.05, 4.69) is 0 Å². The summed E-state index contributed by atoms with van der Waals surface area (Å²) in [6.45, 7) is 8.55. The van der Waals surface area contributed by atoms with Crippen LogP contribution >= 0.6 is 19.5 Å². The lowest BCUT2D eigenvalue weighted by Crippen LogP contribution is -2.31. The Balaban J connectivity index is 5.38. The van der Waals surface area contributed by atoms with E-state index >= 15 is 0 Å². The van der Waals surface area contributed by atoms with Crippen LogP contribution in [0.25, 0.3) is 0 Å². The lowest BCUT2D eigenvalue weighted by molar-refractivity contribution is -0.0152. The van der Waals surface area contributed by atoms with Crippen molar-refractivity contribution in [1.29, 1.82) is 0 Å². The standard InChI is InChI=1S/C23H51O7P3S3/c1-19(2)27-18-23(14-17-30-33(26,36)22(7)8,13-11-16-29-32(25,35)21(5)6)12-9-10-15-28-31(24,34)20(3)4/h19-22H,9-18H2,1-8H3,(H,24,34)(H,25,35)(H,26,36). The monoisotopic (exact) mass is 628 g/mol. The van der Waals surface area contributed by atoms with Crippen LogP contribution in [0, 0.1) is 5.41 Å². The molecular formula is C23H51O7P3S3. The van der Waals surface area contributed by atoms with E-state index in [1.165, 1.54) is 0 Å². The van der Waals surface area contributed by atoms with Crippen molar-refractivity contribution in [3.8, 4) is 0 Å². The normalized spacial score (nSPS) is 19.4. The van der Waals surface area contributed by atoms with Gasteiger partial charge in [-0.05, 0) is 86.8 Å². The van der Waals surface area contributed by atoms with E-state index in [-0.39, 0.29) is 28.5 Å². The molecule has 0 aromatic rings. The van der Waals surface area contributed by atoms with Gasteiger partial charge in [0.2, 0.25) is 0 Å². The summed E-state index contributed by atoms with van der Waals surface area (Å²) >= 11 is 15.8. The fraction of sp³-hybridized carbons (Fsp3) is 1.00. The van der Waals surface area contributed by atoms with Gasteiger partial charge in [-0.1, -0.05) is 48.0 Å². The van der Waals surface area contributed by atoms with Gasteiger partial charge in [0, 0.05) is 17.0 Å². The van der Waals surface area contributed by atoms with Gasteiger partial charge in [-0.25, -0.2) is 0 Å². The van der Waals surface area contributed by atoms with Crippen molar-refractivity contribution in [2.24, 2.45) is 5.41 Å². The Morgan fingerprint density at radius 1 is 0.583 bits per heavy atom. The van der Waals surface area contributed by atoms with Crippen LogP contribution < -0.4 is 0 Å². The maximum atomic E-state index is 10.5. The number of ether oxygens (including phenoxy) is 1. The molecule has 0 fully saturated rings. The van der Waals surface area contributed by atoms with Crippen LogP contribution in [0.2, 0.25) is 0 Å². The average molecular weight is 629 g/mol. The van der Waals surface area contributed by atoms with E-state index in [1.807, 2.05) is 55.4 Å². The van der Waals surface area contributed by atoms with Crippen molar-refractivity contribution in [2.45, 2.75) is 117 Å². The maximum absolute atomic E-state index is 10.5. The molecule has 218 valence electrons. The molecule has 4 unspecified atom stereocenters. The summed E-state index contributed by atoms with van der Waals surface area (Å²) in [7, 11) is 0. The van der Waals surface area contributed by atoms with Gasteiger partial charge < -0.3 is 33.0 Å². The van der Waals surface area contributed by atoms with Crippen LogP contribution in [0.5, 0.6) is 0 Å². The highest BCUT2D eigenvalue weighted by molar-refractivity contribution is 8.10. The Bertz CT molecular complexity index is 765. The second-order valence-corrected chi connectivity index (χ2v) is 22.6. The van der Waals surface area contributed by atoms with Crippen LogP contribution in [0.4, 0.5) is 0 Å². The first kappa shape index (κ1) is 37.7. The third kappa shape index (κ3) is 15.5. The van der Waals surface area contributed by atoms with Gasteiger partial charge in [-0.2, -0.15) is 0 Å². The molecule has 0 aliphatic carbocycles. The molecule has 0 saturated heterocycles. The molecular weight excluding hydrogens is 577 g/mol. The molecule has 0 aliphatic rings. The summed E-state index contributed by atoms with van der Waals surface area (Å²) in [6, 6.07) is 0.